The second-order valence-corrected chi connectivity index (χ2v) is 5.55. The summed E-state index contributed by atoms with van der Waals surface area (Å²) in [6.07, 6.45) is 9.81. The molecule has 0 bridgehead atoms. The van der Waals surface area contributed by atoms with Gasteiger partial charge in [0.15, 0.2) is 5.82 Å². The molecule has 0 unspecified atom stereocenters. The van der Waals surface area contributed by atoms with Crippen LogP contribution in [-0.2, 0) is 0 Å². The van der Waals surface area contributed by atoms with Crippen molar-refractivity contribution in [1.82, 2.24) is 0 Å². The Labute approximate surface area is 125 Å². The van der Waals surface area contributed by atoms with Gasteiger partial charge in [-0.3, -0.25) is 0 Å². The Morgan fingerprint density at radius 3 is 2.15 bits per heavy atom. The molecule has 114 valence electrons. The Kier molecular flexibility index (Phi) is 8.59. The Morgan fingerprint density at radius 1 is 0.950 bits per heavy atom. The smallest absolute Gasteiger partial charge is 0.150 e. The highest BCUT2D eigenvalue weighted by Crippen LogP contribution is 2.26. The van der Waals surface area contributed by atoms with Crippen LogP contribution in [0.3, 0.4) is 0 Å². The summed E-state index contributed by atoms with van der Waals surface area (Å²) in [5, 5.41) is 3.05. The third-order valence-corrected chi connectivity index (χ3v) is 3.64. The summed E-state index contributed by atoms with van der Waals surface area (Å²) in [4.78, 5) is 0. The van der Waals surface area contributed by atoms with Gasteiger partial charge in [0, 0.05) is 12.6 Å². The number of unbranched alkanes of at least 4 members (excludes halogenated alkanes) is 7. The molecule has 0 aliphatic rings. The average Bonchev–Trinajstić information content (AvgIpc) is 2.39. The molecule has 0 spiro atoms. The molecule has 1 N–H and O–H groups in total. The van der Waals surface area contributed by atoms with E-state index < -0.39 is 11.6 Å². The van der Waals surface area contributed by atoms with Crippen LogP contribution in [0.4, 0.5) is 14.5 Å². The van der Waals surface area contributed by atoms with Crippen molar-refractivity contribution in [3.8, 4) is 0 Å². The van der Waals surface area contributed by atoms with Crippen molar-refractivity contribution in [2.24, 2.45) is 0 Å². The van der Waals surface area contributed by atoms with Gasteiger partial charge in [0.1, 0.15) is 5.82 Å². The number of anilines is 1. The normalized spacial score (nSPS) is 10.8. The molecule has 1 aromatic rings. The lowest BCUT2D eigenvalue weighted by molar-refractivity contribution is 0.576. The zero-order valence-corrected chi connectivity index (χ0v) is 12.9. The van der Waals surface area contributed by atoms with Crippen LogP contribution >= 0.6 is 11.6 Å². The molecule has 0 atom stereocenters. The quantitative estimate of drug-likeness (QED) is 0.510. The second-order valence-electron chi connectivity index (χ2n) is 5.15. The molecule has 4 heteroatoms. The van der Waals surface area contributed by atoms with Gasteiger partial charge in [-0.05, 0) is 12.5 Å². The molecule has 0 radical (unpaired) electrons. The number of hydrogen-bond acceptors (Lipinski definition) is 1. The topological polar surface area (TPSA) is 12.0 Å². The van der Waals surface area contributed by atoms with E-state index in [4.69, 9.17) is 11.6 Å². The Morgan fingerprint density at radius 2 is 1.55 bits per heavy atom. The van der Waals surface area contributed by atoms with Crippen LogP contribution < -0.4 is 5.32 Å². The molecule has 0 fully saturated rings. The van der Waals surface area contributed by atoms with Gasteiger partial charge >= 0.3 is 0 Å². The summed E-state index contributed by atoms with van der Waals surface area (Å²) in [6.45, 7) is 2.88. The molecule has 0 aromatic heterocycles. The van der Waals surface area contributed by atoms with Crippen molar-refractivity contribution in [2.45, 2.75) is 58.3 Å². The number of nitrogens with one attached hydrogen (secondary N) is 1. The highest BCUT2D eigenvalue weighted by atomic mass is 35.5. The van der Waals surface area contributed by atoms with Crippen molar-refractivity contribution in [3.63, 3.8) is 0 Å². The van der Waals surface area contributed by atoms with Crippen molar-refractivity contribution in [2.75, 3.05) is 11.9 Å². The molecule has 1 nitrogen and oxygen atoms in total. The largest absolute Gasteiger partial charge is 0.381 e. The van der Waals surface area contributed by atoms with Crippen LogP contribution in [0.2, 0.25) is 5.02 Å². The molecule has 0 saturated carbocycles. The van der Waals surface area contributed by atoms with Gasteiger partial charge in [0.25, 0.3) is 0 Å². The average molecular weight is 304 g/mol. The minimum Gasteiger partial charge on any atom is -0.381 e. The summed E-state index contributed by atoms with van der Waals surface area (Å²) in [5.41, 5.74) is 0.205. The minimum atomic E-state index is -0.648. The van der Waals surface area contributed by atoms with E-state index in [1.807, 2.05) is 0 Å². The van der Waals surface area contributed by atoms with Gasteiger partial charge in [-0.2, -0.15) is 0 Å². The fourth-order valence-corrected chi connectivity index (χ4v) is 2.44. The molecule has 0 saturated heterocycles. The SMILES string of the molecule is CCCCCCCCCCNc1c(F)cc(F)cc1Cl. The van der Waals surface area contributed by atoms with Gasteiger partial charge in [-0.1, -0.05) is 63.5 Å². The summed E-state index contributed by atoms with van der Waals surface area (Å²) in [5.74, 6) is -1.28. The van der Waals surface area contributed by atoms with E-state index in [9.17, 15) is 8.78 Å². The first-order valence-corrected chi connectivity index (χ1v) is 7.91. The maximum Gasteiger partial charge on any atom is 0.150 e. The Bertz CT molecular complexity index is 373. The maximum atomic E-state index is 13.5. The zero-order chi connectivity index (χ0) is 14.8. The van der Waals surface area contributed by atoms with Gasteiger partial charge in [0.2, 0.25) is 0 Å². The Hall–Kier alpha value is -0.830. The maximum absolute atomic E-state index is 13.5. The minimum absolute atomic E-state index is 0.0991. The first kappa shape index (κ1) is 17.2. The van der Waals surface area contributed by atoms with Crippen molar-refractivity contribution < 1.29 is 8.78 Å². The predicted molar refractivity (Wildman–Crippen MR) is 82.5 cm³/mol. The van der Waals surface area contributed by atoms with Crippen LogP contribution in [0.5, 0.6) is 0 Å². The van der Waals surface area contributed by atoms with Crippen LogP contribution in [-0.4, -0.2) is 6.54 Å². The predicted octanol–water partition coefficient (Wildman–Crippen LogP) is 6.17. The van der Waals surface area contributed by atoms with Crippen LogP contribution in [0.25, 0.3) is 0 Å². The number of rotatable bonds is 10. The number of benzene rings is 1. The van der Waals surface area contributed by atoms with Gasteiger partial charge in [-0.15, -0.1) is 0 Å². The van der Waals surface area contributed by atoms with E-state index >= 15 is 0 Å². The summed E-state index contributed by atoms with van der Waals surface area (Å²) < 4.78 is 26.3. The van der Waals surface area contributed by atoms with E-state index in [0.717, 1.165) is 25.0 Å². The highest BCUT2D eigenvalue weighted by molar-refractivity contribution is 6.33. The fourth-order valence-electron chi connectivity index (χ4n) is 2.18. The first-order chi connectivity index (χ1) is 9.65. The van der Waals surface area contributed by atoms with Crippen LogP contribution in [0.15, 0.2) is 12.1 Å². The molecular formula is C16H24ClF2N. The fraction of sp³-hybridized carbons (Fsp3) is 0.625. The van der Waals surface area contributed by atoms with Crippen LogP contribution in [0.1, 0.15) is 58.3 Å². The summed E-state index contributed by atoms with van der Waals surface area (Å²) in [7, 11) is 0. The van der Waals surface area contributed by atoms with Gasteiger partial charge in [-0.25, -0.2) is 8.78 Å². The monoisotopic (exact) mass is 303 g/mol. The third kappa shape index (κ3) is 6.56. The lowest BCUT2D eigenvalue weighted by atomic mass is 10.1. The molecule has 0 amide bonds. The van der Waals surface area contributed by atoms with E-state index in [2.05, 4.69) is 12.2 Å². The highest BCUT2D eigenvalue weighted by Gasteiger charge is 2.08. The van der Waals surface area contributed by atoms with E-state index in [1.54, 1.807) is 0 Å². The summed E-state index contributed by atoms with van der Waals surface area (Å²) in [6, 6.07) is 1.97. The molecule has 1 rings (SSSR count). The molecular weight excluding hydrogens is 280 g/mol. The first-order valence-electron chi connectivity index (χ1n) is 7.53. The van der Waals surface area contributed by atoms with Gasteiger partial charge in [0.05, 0.1) is 10.7 Å². The zero-order valence-electron chi connectivity index (χ0n) is 12.2. The Balaban J connectivity index is 2.13. The second kappa shape index (κ2) is 9.98. The lowest BCUT2D eigenvalue weighted by Gasteiger charge is -2.09. The molecule has 0 aliphatic carbocycles. The summed E-state index contributed by atoms with van der Waals surface area (Å²) >= 11 is 5.80. The van der Waals surface area contributed by atoms with E-state index in [1.165, 1.54) is 38.5 Å². The van der Waals surface area contributed by atoms with Crippen molar-refractivity contribution >= 4 is 17.3 Å². The van der Waals surface area contributed by atoms with Crippen LogP contribution in [0, 0.1) is 11.6 Å². The van der Waals surface area contributed by atoms with Gasteiger partial charge < -0.3 is 5.32 Å². The lowest BCUT2D eigenvalue weighted by Crippen LogP contribution is -2.04. The third-order valence-electron chi connectivity index (χ3n) is 3.34. The van der Waals surface area contributed by atoms with E-state index in [-0.39, 0.29) is 10.7 Å². The van der Waals surface area contributed by atoms with E-state index in [0.29, 0.717) is 6.54 Å². The molecule has 0 heterocycles. The van der Waals surface area contributed by atoms with Crippen molar-refractivity contribution in [3.05, 3.63) is 28.8 Å². The standard InChI is InChI=1S/C16H24ClF2N/c1-2-3-4-5-6-7-8-9-10-20-16-14(17)11-13(18)12-15(16)19/h11-12,20H,2-10H2,1H3. The van der Waals surface area contributed by atoms with Crippen molar-refractivity contribution in [1.29, 1.82) is 0 Å². The molecule has 20 heavy (non-hydrogen) atoms. The number of halogens is 3. The molecule has 0 aliphatic heterocycles. The molecule has 1 aromatic carbocycles. The number of hydrogen-bond donors (Lipinski definition) is 1.